The number of aliphatic carboxylic acids is 1. The molecule has 0 unspecified atom stereocenters. The highest BCUT2D eigenvalue weighted by Gasteiger charge is 2.28. The third-order valence-corrected chi connectivity index (χ3v) is 4.51. The predicted molar refractivity (Wildman–Crippen MR) is 77.9 cm³/mol. The summed E-state index contributed by atoms with van der Waals surface area (Å²) in [6, 6.07) is 9.70. The summed E-state index contributed by atoms with van der Waals surface area (Å²) in [4.78, 5) is 17.9. The van der Waals surface area contributed by atoms with Gasteiger partial charge in [0, 0.05) is 24.1 Å². The first-order valence-electron chi connectivity index (χ1n) is 6.66. The van der Waals surface area contributed by atoms with Crippen LogP contribution in [0.5, 0.6) is 0 Å². The standard InChI is InChI=1S/C15H16N2O2S/c18-14(19)12(8-11-4-2-1-3-5-11)9-13-10-20-15-16-6-7-17(13)15/h1-5,10,12H,6-9H2,(H,18,19)/p-1/t12-/m1/s1. The highest BCUT2D eigenvalue weighted by atomic mass is 32.2. The van der Waals surface area contributed by atoms with Crippen LogP contribution in [0.3, 0.4) is 0 Å². The van der Waals surface area contributed by atoms with Gasteiger partial charge in [-0.15, -0.1) is 0 Å². The number of aliphatic imine (C=N–C) groups is 1. The third kappa shape index (κ3) is 2.72. The van der Waals surface area contributed by atoms with Crippen LogP contribution in [0.1, 0.15) is 12.0 Å². The van der Waals surface area contributed by atoms with Gasteiger partial charge in [0.1, 0.15) is 0 Å². The van der Waals surface area contributed by atoms with Crippen molar-refractivity contribution in [2.75, 3.05) is 13.1 Å². The van der Waals surface area contributed by atoms with E-state index < -0.39 is 11.9 Å². The second kappa shape index (κ2) is 5.71. The van der Waals surface area contributed by atoms with Gasteiger partial charge in [0.25, 0.3) is 0 Å². The average Bonchev–Trinajstić information content (AvgIpc) is 3.04. The van der Waals surface area contributed by atoms with Gasteiger partial charge in [0.05, 0.1) is 6.54 Å². The zero-order valence-electron chi connectivity index (χ0n) is 11.0. The quantitative estimate of drug-likeness (QED) is 0.818. The van der Waals surface area contributed by atoms with Crippen molar-refractivity contribution >= 4 is 22.9 Å². The van der Waals surface area contributed by atoms with E-state index in [2.05, 4.69) is 9.89 Å². The number of carboxylic acid groups (broad SMARTS) is 1. The van der Waals surface area contributed by atoms with Crippen LogP contribution in [0.4, 0.5) is 0 Å². The Kier molecular flexibility index (Phi) is 3.78. The summed E-state index contributed by atoms with van der Waals surface area (Å²) in [7, 11) is 0. The maximum absolute atomic E-state index is 11.4. The molecule has 0 amide bonds. The average molecular weight is 287 g/mol. The number of carboxylic acids is 1. The molecular formula is C15H15N2O2S-. The van der Waals surface area contributed by atoms with Crippen LogP contribution in [-0.4, -0.2) is 29.1 Å². The van der Waals surface area contributed by atoms with Crippen molar-refractivity contribution in [2.45, 2.75) is 12.8 Å². The van der Waals surface area contributed by atoms with Gasteiger partial charge in [-0.05, 0) is 23.8 Å². The Morgan fingerprint density at radius 3 is 2.90 bits per heavy atom. The smallest absolute Gasteiger partial charge is 0.167 e. The number of carbonyl (C=O) groups excluding carboxylic acids is 1. The summed E-state index contributed by atoms with van der Waals surface area (Å²) >= 11 is 1.58. The first-order chi connectivity index (χ1) is 9.74. The van der Waals surface area contributed by atoms with Crippen LogP contribution in [0.15, 0.2) is 46.4 Å². The molecule has 2 aliphatic heterocycles. The fourth-order valence-electron chi connectivity index (χ4n) is 2.53. The van der Waals surface area contributed by atoms with Crippen LogP contribution < -0.4 is 5.11 Å². The van der Waals surface area contributed by atoms with Gasteiger partial charge in [0.2, 0.25) is 0 Å². The van der Waals surface area contributed by atoms with Gasteiger partial charge in [-0.25, -0.2) is 0 Å². The zero-order chi connectivity index (χ0) is 13.9. The van der Waals surface area contributed by atoms with E-state index >= 15 is 0 Å². The largest absolute Gasteiger partial charge is 0.550 e. The molecule has 1 aromatic carbocycles. The van der Waals surface area contributed by atoms with Crippen LogP contribution in [-0.2, 0) is 11.2 Å². The van der Waals surface area contributed by atoms with Crippen LogP contribution in [0.2, 0.25) is 0 Å². The Balaban J connectivity index is 1.69. The monoisotopic (exact) mass is 287 g/mol. The van der Waals surface area contributed by atoms with Crippen molar-refractivity contribution < 1.29 is 9.90 Å². The number of carbonyl (C=O) groups is 1. The Bertz CT molecular complexity index is 568. The summed E-state index contributed by atoms with van der Waals surface area (Å²) < 4.78 is 0. The third-order valence-electron chi connectivity index (χ3n) is 3.56. The topological polar surface area (TPSA) is 55.7 Å². The van der Waals surface area contributed by atoms with Gasteiger partial charge in [-0.1, -0.05) is 42.1 Å². The lowest BCUT2D eigenvalue weighted by Gasteiger charge is -2.23. The van der Waals surface area contributed by atoms with Gasteiger partial charge in [-0.3, -0.25) is 4.99 Å². The summed E-state index contributed by atoms with van der Waals surface area (Å²) in [6.07, 6.45) is 1.01. The zero-order valence-corrected chi connectivity index (χ0v) is 11.8. The number of rotatable bonds is 5. The normalized spacial score (nSPS) is 18.5. The van der Waals surface area contributed by atoms with Crippen LogP contribution >= 0.6 is 11.8 Å². The molecule has 0 aromatic heterocycles. The van der Waals surface area contributed by atoms with E-state index in [1.807, 2.05) is 35.7 Å². The first-order valence-corrected chi connectivity index (χ1v) is 7.54. The number of hydrogen-bond acceptors (Lipinski definition) is 5. The molecule has 0 N–H and O–H groups in total. The maximum Gasteiger partial charge on any atom is 0.167 e. The second-order valence-electron chi connectivity index (χ2n) is 4.95. The Hall–Kier alpha value is -1.75. The summed E-state index contributed by atoms with van der Waals surface area (Å²) in [5, 5.41) is 14.4. The van der Waals surface area contributed by atoms with Crippen molar-refractivity contribution in [3.8, 4) is 0 Å². The summed E-state index contributed by atoms with van der Waals surface area (Å²) in [5.74, 6) is -1.48. The number of thioether (sulfide) groups is 1. The molecule has 20 heavy (non-hydrogen) atoms. The fraction of sp³-hybridized carbons (Fsp3) is 0.333. The molecule has 104 valence electrons. The molecule has 0 fully saturated rings. The molecule has 0 saturated carbocycles. The lowest BCUT2D eigenvalue weighted by atomic mass is 9.95. The lowest BCUT2D eigenvalue weighted by Crippen LogP contribution is -2.34. The molecule has 2 heterocycles. The van der Waals surface area contributed by atoms with Crippen LogP contribution in [0.25, 0.3) is 0 Å². The number of allylic oxidation sites excluding steroid dienone is 1. The fourth-order valence-corrected chi connectivity index (χ4v) is 3.49. The van der Waals surface area contributed by atoms with Gasteiger partial charge >= 0.3 is 0 Å². The predicted octanol–water partition coefficient (Wildman–Crippen LogP) is 1.25. The van der Waals surface area contributed by atoms with E-state index in [0.29, 0.717) is 12.8 Å². The minimum absolute atomic E-state index is 0.496. The SMILES string of the molecule is O=C([O-])[C@@H](CC1=CSC2=NCCN12)Cc1ccccc1. The number of fused-ring (bicyclic) bond motifs is 1. The molecule has 0 saturated heterocycles. The molecular weight excluding hydrogens is 272 g/mol. The summed E-state index contributed by atoms with van der Waals surface area (Å²) in [6.45, 7) is 1.66. The van der Waals surface area contributed by atoms with Crippen molar-refractivity contribution in [1.29, 1.82) is 0 Å². The van der Waals surface area contributed by atoms with Gasteiger partial charge < -0.3 is 14.8 Å². The molecule has 0 aliphatic carbocycles. The lowest BCUT2D eigenvalue weighted by molar-refractivity contribution is -0.311. The number of nitrogens with zero attached hydrogens (tertiary/aromatic N) is 2. The molecule has 0 bridgehead atoms. The van der Waals surface area contributed by atoms with Crippen molar-refractivity contribution in [3.63, 3.8) is 0 Å². The van der Waals surface area contributed by atoms with E-state index in [4.69, 9.17) is 0 Å². The van der Waals surface area contributed by atoms with E-state index in [1.54, 1.807) is 11.8 Å². The molecule has 2 aliphatic rings. The number of hydrogen-bond donors (Lipinski definition) is 0. The van der Waals surface area contributed by atoms with Crippen molar-refractivity contribution in [1.82, 2.24) is 4.90 Å². The molecule has 4 nitrogen and oxygen atoms in total. The molecule has 1 atom stereocenters. The van der Waals surface area contributed by atoms with Crippen molar-refractivity contribution in [3.05, 3.63) is 47.0 Å². The molecule has 5 heteroatoms. The van der Waals surface area contributed by atoms with Crippen molar-refractivity contribution in [2.24, 2.45) is 10.9 Å². The number of benzene rings is 1. The van der Waals surface area contributed by atoms with E-state index in [9.17, 15) is 9.90 Å². The molecule has 0 radical (unpaired) electrons. The Morgan fingerprint density at radius 2 is 2.15 bits per heavy atom. The Labute approximate surface area is 122 Å². The van der Waals surface area contributed by atoms with Gasteiger partial charge in [0.15, 0.2) is 5.17 Å². The molecule has 1 aromatic rings. The highest BCUT2D eigenvalue weighted by molar-refractivity contribution is 8.16. The molecule has 3 rings (SSSR count). The highest BCUT2D eigenvalue weighted by Crippen LogP contribution is 2.33. The maximum atomic E-state index is 11.4. The van der Waals surface area contributed by atoms with E-state index in [0.717, 1.165) is 29.5 Å². The second-order valence-corrected chi connectivity index (χ2v) is 5.79. The summed E-state index contributed by atoms with van der Waals surface area (Å²) in [5.41, 5.74) is 2.08. The Morgan fingerprint density at radius 1 is 1.35 bits per heavy atom. The number of amidine groups is 1. The van der Waals surface area contributed by atoms with E-state index in [-0.39, 0.29) is 0 Å². The van der Waals surface area contributed by atoms with E-state index in [1.165, 1.54) is 0 Å². The van der Waals surface area contributed by atoms with Gasteiger partial charge in [-0.2, -0.15) is 0 Å². The molecule has 0 spiro atoms. The first kappa shape index (κ1) is 13.2. The minimum atomic E-state index is -0.982. The minimum Gasteiger partial charge on any atom is -0.550 e. The van der Waals surface area contributed by atoms with Crippen LogP contribution in [0, 0.1) is 5.92 Å².